The summed E-state index contributed by atoms with van der Waals surface area (Å²) in [6, 6.07) is 71.0. The van der Waals surface area contributed by atoms with Gasteiger partial charge in [0.05, 0.1) is 5.69 Å². The highest BCUT2D eigenvalue weighted by Gasteiger charge is 2.25. The smallest absolute Gasteiger partial charge is 0.164 e. The van der Waals surface area contributed by atoms with Crippen molar-refractivity contribution in [2.75, 3.05) is 4.90 Å². The molecule has 0 aliphatic carbocycles. The summed E-state index contributed by atoms with van der Waals surface area (Å²) in [6.45, 7) is 0. The molecule has 0 amide bonds. The highest BCUT2D eigenvalue weighted by molar-refractivity contribution is 6.17. The number of anilines is 3. The van der Waals surface area contributed by atoms with Gasteiger partial charge in [0.15, 0.2) is 23.1 Å². The number of nitrogens with zero attached hydrogens (tertiary/aromatic N) is 4. The molecule has 0 bridgehead atoms. The molecular formula is C55H34N4O2. The van der Waals surface area contributed by atoms with E-state index in [0.29, 0.717) is 17.5 Å². The van der Waals surface area contributed by atoms with Crippen molar-refractivity contribution in [1.29, 1.82) is 0 Å². The number of para-hydroxylation sites is 2. The first-order chi connectivity index (χ1) is 30.2. The van der Waals surface area contributed by atoms with Gasteiger partial charge in [-0.05, 0) is 76.5 Å². The Morgan fingerprint density at radius 3 is 1.66 bits per heavy atom. The van der Waals surface area contributed by atoms with E-state index in [9.17, 15) is 0 Å². The van der Waals surface area contributed by atoms with Crippen LogP contribution in [0.15, 0.2) is 215 Å². The van der Waals surface area contributed by atoms with Crippen LogP contribution in [0, 0.1) is 0 Å². The van der Waals surface area contributed by atoms with Crippen LogP contribution < -0.4 is 4.90 Å². The van der Waals surface area contributed by atoms with Gasteiger partial charge in [0.2, 0.25) is 0 Å². The Labute approximate surface area is 350 Å². The summed E-state index contributed by atoms with van der Waals surface area (Å²) < 4.78 is 13.3. The molecule has 6 nitrogen and oxygen atoms in total. The molecule has 286 valence electrons. The average molecular weight is 783 g/mol. The third-order valence-corrected chi connectivity index (χ3v) is 11.5. The summed E-state index contributed by atoms with van der Waals surface area (Å²) >= 11 is 0. The normalized spacial score (nSPS) is 11.6. The number of furan rings is 2. The first-order valence-electron chi connectivity index (χ1n) is 20.3. The van der Waals surface area contributed by atoms with Crippen LogP contribution in [-0.4, -0.2) is 15.0 Å². The number of benzene rings is 9. The van der Waals surface area contributed by atoms with Crippen molar-refractivity contribution >= 4 is 71.7 Å². The van der Waals surface area contributed by atoms with E-state index in [1.165, 1.54) is 10.9 Å². The first-order valence-corrected chi connectivity index (χ1v) is 20.3. The van der Waals surface area contributed by atoms with E-state index in [1.54, 1.807) is 0 Å². The number of aromatic nitrogens is 3. The summed E-state index contributed by atoms with van der Waals surface area (Å²) in [7, 11) is 0. The SMILES string of the molecule is c1ccc(-c2ccc(N(c3ccc4ccccc4c3)c3ccc(-c4nc(-c5ccccc5)nc(-c5cccc6oc7ccccc7c56)n4)c4c3oc3ccccc34)cc2)cc1. The maximum Gasteiger partial charge on any atom is 0.164 e. The van der Waals surface area contributed by atoms with Crippen molar-refractivity contribution < 1.29 is 8.83 Å². The second-order valence-corrected chi connectivity index (χ2v) is 15.2. The van der Waals surface area contributed by atoms with Crippen LogP contribution in [-0.2, 0) is 0 Å². The second kappa shape index (κ2) is 14.2. The van der Waals surface area contributed by atoms with Crippen LogP contribution in [0.3, 0.4) is 0 Å². The summed E-state index contributed by atoms with van der Waals surface area (Å²) in [5, 5.41) is 6.19. The molecule has 12 rings (SSSR count). The van der Waals surface area contributed by atoms with Crippen LogP contribution in [0.1, 0.15) is 0 Å². The van der Waals surface area contributed by atoms with Crippen LogP contribution >= 0.6 is 0 Å². The van der Waals surface area contributed by atoms with Crippen molar-refractivity contribution in [3.05, 3.63) is 206 Å². The fraction of sp³-hybridized carbons (Fsp3) is 0. The monoisotopic (exact) mass is 782 g/mol. The fourth-order valence-electron chi connectivity index (χ4n) is 8.65. The van der Waals surface area contributed by atoms with Crippen molar-refractivity contribution in [2.24, 2.45) is 0 Å². The fourth-order valence-corrected chi connectivity index (χ4v) is 8.65. The largest absolute Gasteiger partial charge is 0.456 e. The van der Waals surface area contributed by atoms with Crippen molar-refractivity contribution in [2.45, 2.75) is 0 Å². The zero-order valence-electron chi connectivity index (χ0n) is 32.7. The molecule has 0 unspecified atom stereocenters. The molecule has 12 aromatic rings. The molecule has 3 aromatic heterocycles. The minimum Gasteiger partial charge on any atom is -0.456 e. The lowest BCUT2D eigenvalue weighted by molar-refractivity contribution is 0.668. The molecule has 0 atom stereocenters. The molecule has 0 saturated carbocycles. The quantitative estimate of drug-likeness (QED) is 0.160. The van der Waals surface area contributed by atoms with Crippen LogP contribution in [0.5, 0.6) is 0 Å². The van der Waals surface area contributed by atoms with Gasteiger partial charge in [-0.3, -0.25) is 0 Å². The standard InChI is InChI=1S/C55H34N4O2/c1-3-14-35(15-4-1)37-26-29-40(30-27-37)59(41-31-28-36-16-7-8-19-39(36)34-41)46-33-32-45(51-43-21-10-12-24-48(43)61-52(46)51)55-57-53(38-17-5-2-6-18-38)56-54(58-55)44-22-13-25-49-50(44)42-20-9-11-23-47(42)60-49/h1-34H. The minimum absolute atomic E-state index is 0.543. The van der Waals surface area contributed by atoms with Crippen molar-refractivity contribution in [3.8, 4) is 45.3 Å². The maximum absolute atomic E-state index is 6.95. The van der Waals surface area contributed by atoms with E-state index in [4.69, 9.17) is 23.8 Å². The van der Waals surface area contributed by atoms with E-state index < -0.39 is 0 Å². The Morgan fingerprint density at radius 2 is 0.902 bits per heavy atom. The molecule has 0 saturated heterocycles. The van der Waals surface area contributed by atoms with E-state index in [-0.39, 0.29) is 0 Å². The molecule has 0 aliphatic heterocycles. The maximum atomic E-state index is 6.95. The van der Waals surface area contributed by atoms with Gasteiger partial charge in [0, 0.05) is 49.6 Å². The number of rotatable bonds is 7. The van der Waals surface area contributed by atoms with Gasteiger partial charge >= 0.3 is 0 Å². The van der Waals surface area contributed by atoms with Gasteiger partial charge in [-0.15, -0.1) is 0 Å². The van der Waals surface area contributed by atoms with Gasteiger partial charge < -0.3 is 13.7 Å². The van der Waals surface area contributed by atoms with Crippen LogP contribution in [0.4, 0.5) is 17.1 Å². The molecule has 0 spiro atoms. The van der Waals surface area contributed by atoms with Gasteiger partial charge in [0.1, 0.15) is 16.7 Å². The highest BCUT2D eigenvalue weighted by atomic mass is 16.3. The summed E-state index contributed by atoms with van der Waals surface area (Å²) in [6.07, 6.45) is 0. The zero-order chi connectivity index (χ0) is 40.3. The molecule has 0 fully saturated rings. The summed E-state index contributed by atoms with van der Waals surface area (Å²) in [4.78, 5) is 18.0. The predicted molar refractivity (Wildman–Crippen MR) is 248 cm³/mol. The van der Waals surface area contributed by atoms with E-state index in [1.807, 2.05) is 78.9 Å². The number of hydrogen-bond acceptors (Lipinski definition) is 6. The Bertz CT molecular complexity index is 3590. The van der Waals surface area contributed by atoms with Crippen LogP contribution in [0.2, 0.25) is 0 Å². The zero-order valence-corrected chi connectivity index (χ0v) is 32.7. The van der Waals surface area contributed by atoms with Gasteiger partial charge in [-0.1, -0.05) is 152 Å². The molecular weight excluding hydrogens is 749 g/mol. The molecule has 61 heavy (non-hydrogen) atoms. The molecule has 9 aromatic carbocycles. The topological polar surface area (TPSA) is 68.2 Å². The Hall–Kier alpha value is -8.35. The second-order valence-electron chi connectivity index (χ2n) is 15.2. The van der Waals surface area contributed by atoms with E-state index in [2.05, 4.69) is 132 Å². The lowest BCUT2D eigenvalue weighted by atomic mass is 10.0. The average Bonchev–Trinajstić information content (AvgIpc) is 3.92. The van der Waals surface area contributed by atoms with Crippen LogP contribution in [0.25, 0.3) is 99.9 Å². The number of fused-ring (bicyclic) bond motifs is 7. The predicted octanol–water partition coefficient (Wildman–Crippen LogP) is 15.0. The Balaban J connectivity index is 1.11. The summed E-state index contributed by atoms with van der Waals surface area (Å²) in [5.74, 6) is 1.68. The van der Waals surface area contributed by atoms with Gasteiger partial charge in [-0.25, -0.2) is 15.0 Å². The number of hydrogen-bond donors (Lipinski definition) is 0. The lowest BCUT2D eigenvalue weighted by Crippen LogP contribution is -2.10. The molecule has 0 N–H and O–H groups in total. The third-order valence-electron chi connectivity index (χ3n) is 11.5. The molecule has 0 aliphatic rings. The Morgan fingerprint density at radius 1 is 0.344 bits per heavy atom. The van der Waals surface area contributed by atoms with Gasteiger partial charge in [-0.2, -0.15) is 0 Å². The third kappa shape index (κ3) is 5.92. The Kier molecular flexibility index (Phi) is 8.06. The molecule has 0 radical (unpaired) electrons. The van der Waals surface area contributed by atoms with Crippen molar-refractivity contribution in [3.63, 3.8) is 0 Å². The highest BCUT2D eigenvalue weighted by Crippen LogP contribution is 2.46. The van der Waals surface area contributed by atoms with Crippen molar-refractivity contribution in [1.82, 2.24) is 15.0 Å². The molecule has 6 heteroatoms. The molecule has 3 heterocycles. The van der Waals surface area contributed by atoms with Gasteiger partial charge in [0.25, 0.3) is 0 Å². The summed E-state index contributed by atoms with van der Waals surface area (Å²) in [5.41, 5.74) is 10.9. The lowest BCUT2D eigenvalue weighted by Gasteiger charge is -2.26. The van der Waals surface area contributed by atoms with E-state index in [0.717, 1.165) is 88.6 Å². The van der Waals surface area contributed by atoms with E-state index >= 15 is 0 Å². The first kappa shape index (κ1) is 34.7. The minimum atomic E-state index is 0.543.